The molecule has 0 aromatic heterocycles. The molecule has 1 fully saturated rings. The van der Waals surface area contributed by atoms with Gasteiger partial charge in [-0.1, -0.05) is 17.3 Å². The SMILES string of the molecule is CC1C=C(C(=O)O)N2C(=O)C(NC(=O)C(=NO)c3cccc(O)c3)[C@H]2S1. The molecule has 0 radical (unpaired) electrons. The highest BCUT2D eigenvalue weighted by Crippen LogP contribution is 2.40. The monoisotopic (exact) mass is 377 g/mol. The Morgan fingerprint density at radius 3 is 2.69 bits per heavy atom. The molecule has 2 heterocycles. The van der Waals surface area contributed by atoms with Gasteiger partial charge in [-0.25, -0.2) is 4.79 Å². The van der Waals surface area contributed by atoms with E-state index in [0.717, 1.165) is 4.90 Å². The molecule has 0 saturated carbocycles. The predicted molar refractivity (Wildman–Crippen MR) is 91.8 cm³/mol. The van der Waals surface area contributed by atoms with Gasteiger partial charge in [0.2, 0.25) is 0 Å². The molecule has 26 heavy (non-hydrogen) atoms. The first kappa shape index (κ1) is 17.8. The number of fused-ring (bicyclic) bond motifs is 1. The molecule has 0 bridgehead atoms. The number of phenols is 1. The summed E-state index contributed by atoms with van der Waals surface area (Å²) in [6.45, 7) is 1.79. The molecule has 2 aliphatic rings. The molecule has 3 atom stereocenters. The summed E-state index contributed by atoms with van der Waals surface area (Å²) in [5, 5.41) is 32.6. The number of benzene rings is 1. The summed E-state index contributed by atoms with van der Waals surface area (Å²) >= 11 is 1.34. The van der Waals surface area contributed by atoms with Crippen LogP contribution in [0.2, 0.25) is 0 Å². The fraction of sp³-hybridized carbons (Fsp3) is 0.250. The van der Waals surface area contributed by atoms with E-state index in [1.54, 1.807) is 6.92 Å². The van der Waals surface area contributed by atoms with Crippen molar-refractivity contribution in [2.24, 2.45) is 5.16 Å². The number of carboxylic acid groups (broad SMARTS) is 1. The van der Waals surface area contributed by atoms with Gasteiger partial charge in [-0.15, -0.1) is 11.8 Å². The standard InChI is InChI=1S/C16H15N3O6S/c1-7-5-10(16(23)24)19-14(22)12(15(19)26-7)17-13(21)11(18-25)8-3-2-4-9(20)6-8/h2-7,12,15,20,25H,1H3,(H,17,21)(H,23,24)/t7?,12?,15-/m1/s1. The molecule has 2 unspecified atom stereocenters. The quantitative estimate of drug-likeness (QED) is 0.256. The van der Waals surface area contributed by atoms with Crippen molar-refractivity contribution in [1.82, 2.24) is 10.2 Å². The lowest BCUT2D eigenvalue weighted by Gasteiger charge is -2.49. The van der Waals surface area contributed by atoms with E-state index in [0.29, 0.717) is 0 Å². The van der Waals surface area contributed by atoms with Crippen LogP contribution in [0.4, 0.5) is 0 Å². The van der Waals surface area contributed by atoms with Gasteiger partial charge >= 0.3 is 5.97 Å². The van der Waals surface area contributed by atoms with Gasteiger partial charge in [-0.3, -0.25) is 14.5 Å². The van der Waals surface area contributed by atoms with Gasteiger partial charge in [-0.2, -0.15) is 0 Å². The van der Waals surface area contributed by atoms with Crippen LogP contribution in [0.15, 0.2) is 41.2 Å². The van der Waals surface area contributed by atoms with Crippen molar-refractivity contribution in [2.45, 2.75) is 23.6 Å². The Morgan fingerprint density at radius 2 is 2.08 bits per heavy atom. The number of rotatable bonds is 4. The predicted octanol–water partition coefficient (Wildman–Crippen LogP) is 0.327. The molecule has 0 spiro atoms. The first-order chi connectivity index (χ1) is 12.3. The molecule has 2 amide bonds. The minimum Gasteiger partial charge on any atom is -0.508 e. The van der Waals surface area contributed by atoms with Crippen LogP contribution in [-0.2, 0) is 14.4 Å². The van der Waals surface area contributed by atoms with E-state index in [2.05, 4.69) is 10.5 Å². The van der Waals surface area contributed by atoms with Crippen molar-refractivity contribution in [3.8, 4) is 5.75 Å². The maximum Gasteiger partial charge on any atom is 0.352 e. The molecule has 3 rings (SSSR count). The topological polar surface area (TPSA) is 140 Å². The number of amides is 2. The van der Waals surface area contributed by atoms with Crippen LogP contribution in [-0.4, -0.2) is 60.5 Å². The number of nitrogens with zero attached hydrogens (tertiary/aromatic N) is 2. The molecular formula is C16H15N3O6S. The van der Waals surface area contributed by atoms with E-state index in [-0.39, 0.29) is 28.0 Å². The van der Waals surface area contributed by atoms with Crippen LogP contribution in [0.3, 0.4) is 0 Å². The Labute approximate surface area is 152 Å². The van der Waals surface area contributed by atoms with Crippen molar-refractivity contribution in [1.29, 1.82) is 0 Å². The number of carbonyl (C=O) groups is 3. The third-order valence-electron chi connectivity index (χ3n) is 3.99. The number of aliphatic carboxylic acids is 1. The van der Waals surface area contributed by atoms with E-state index in [1.165, 1.54) is 42.1 Å². The average molecular weight is 377 g/mol. The van der Waals surface area contributed by atoms with Gasteiger partial charge in [0, 0.05) is 10.8 Å². The number of β-lactam (4-membered cyclic amide) rings is 1. The average Bonchev–Trinajstić information content (AvgIpc) is 2.59. The first-order valence-corrected chi connectivity index (χ1v) is 8.53. The number of phenolic OH excluding ortho intramolecular Hbond substituents is 1. The number of hydrogen-bond donors (Lipinski definition) is 4. The van der Waals surface area contributed by atoms with Crippen molar-refractivity contribution >= 4 is 35.3 Å². The molecule has 9 nitrogen and oxygen atoms in total. The number of oxime groups is 1. The highest BCUT2D eigenvalue weighted by Gasteiger charge is 2.54. The van der Waals surface area contributed by atoms with Crippen LogP contribution in [0.1, 0.15) is 12.5 Å². The molecule has 136 valence electrons. The third-order valence-corrected chi connectivity index (χ3v) is 5.32. The second-order valence-corrected chi connectivity index (χ2v) is 7.25. The smallest absolute Gasteiger partial charge is 0.352 e. The summed E-state index contributed by atoms with van der Waals surface area (Å²) in [5.74, 6) is -2.69. The minimum absolute atomic E-state index is 0.110. The Bertz CT molecular complexity index is 852. The molecule has 1 saturated heterocycles. The summed E-state index contributed by atoms with van der Waals surface area (Å²) in [4.78, 5) is 37.1. The molecule has 4 N–H and O–H groups in total. The maximum atomic E-state index is 12.4. The number of carboxylic acids is 1. The lowest BCUT2D eigenvalue weighted by atomic mass is 10.0. The van der Waals surface area contributed by atoms with Crippen molar-refractivity contribution in [2.75, 3.05) is 0 Å². The van der Waals surface area contributed by atoms with E-state index in [1.807, 2.05) is 0 Å². The number of hydrogen-bond acceptors (Lipinski definition) is 7. The number of thioether (sulfide) groups is 1. The lowest BCUT2D eigenvalue weighted by Crippen LogP contribution is -2.71. The summed E-state index contributed by atoms with van der Waals surface area (Å²) in [7, 11) is 0. The van der Waals surface area contributed by atoms with Gasteiger partial charge in [0.1, 0.15) is 22.9 Å². The number of aromatic hydroxyl groups is 1. The van der Waals surface area contributed by atoms with Gasteiger partial charge in [0.25, 0.3) is 11.8 Å². The summed E-state index contributed by atoms with van der Waals surface area (Å²) in [6.07, 6.45) is 1.48. The van der Waals surface area contributed by atoms with Crippen molar-refractivity contribution in [3.05, 3.63) is 41.6 Å². The van der Waals surface area contributed by atoms with E-state index in [9.17, 15) is 24.6 Å². The van der Waals surface area contributed by atoms with Gasteiger partial charge in [0.15, 0.2) is 5.71 Å². The van der Waals surface area contributed by atoms with E-state index >= 15 is 0 Å². The van der Waals surface area contributed by atoms with Crippen molar-refractivity contribution < 1.29 is 29.8 Å². The molecule has 0 aliphatic carbocycles. The molecule has 1 aromatic rings. The zero-order chi connectivity index (χ0) is 19.0. The molecule has 2 aliphatic heterocycles. The Kier molecular flexibility index (Phi) is 4.60. The van der Waals surface area contributed by atoms with Crippen LogP contribution >= 0.6 is 11.8 Å². The second kappa shape index (κ2) is 6.71. The van der Waals surface area contributed by atoms with Crippen molar-refractivity contribution in [3.63, 3.8) is 0 Å². The minimum atomic E-state index is -1.21. The Balaban J connectivity index is 1.78. The van der Waals surface area contributed by atoms with Gasteiger partial charge in [0.05, 0.1) is 0 Å². The largest absolute Gasteiger partial charge is 0.508 e. The number of nitrogens with one attached hydrogen (secondary N) is 1. The van der Waals surface area contributed by atoms with Crippen LogP contribution in [0, 0.1) is 0 Å². The summed E-state index contributed by atoms with van der Waals surface area (Å²) in [5.41, 5.74) is -0.305. The third kappa shape index (κ3) is 2.99. The molecule has 1 aromatic carbocycles. The lowest BCUT2D eigenvalue weighted by molar-refractivity contribution is -0.150. The molecular weight excluding hydrogens is 362 g/mol. The van der Waals surface area contributed by atoms with Crippen LogP contribution in [0.25, 0.3) is 0 Å². The summed E-state index contributed by atoms with van der Waals surface area (Å²) < 4.78 is 0. The fourth-order valence-electron chi connectivity index (χ4n) is 2.83. The van der Waals surface area contributed by atoms with Gasteiger partial charge < -0.3 is 20.7 Å². The normalized spacial score (nSPS) is 25.0. The zero-order valence-electron chi connectivity index (χ0n) is 13.5. The zero-order valence-corrected chi connectivity index (χ0v) is 14.3. The highest BCUT2D eigenvalue weighted by molar-refractivity contribution is 8.00. The van der Waals surface area contributed by atoms with Crippen LogP contribution < -0.4 is 5.32 Å². The highest BCUT2D eigenvalue weighted by atomic mass is 32.2. The maximum absolute atomic E-state index is 12.4. The Hall–Kier alpha value is -3.01. The van der Waals surface area contributed by atoms with Crippen LogP contribution in [0.5, 0.6) is 5.75 Å². The first-order valence-electron chi connectivity index (χ1n) is 7.59. The molecule has 10 heteroatoms. The van der Waals surface area contributed by atoms with E-state index in [4.69, 9.17) is 5.21 Å². The van der Waals surface area contributed by atoms with Gasteiger partial charge in [-0.05, 0) is 25.1 Å². The Morgan fingerprint density at radius 1 is 1.35 bits per heavy atom. The summed E-state index contributed by atoms with van der Waals surface area (Å²) in [6, 6.07) is 4.64. The second-order valence-electron chi connectivity index (χ2n) is 5.75. The fourth-order valence-corrected chi connectivity index (χ4v) is 4.15. The number of carbonyl (C=O) groups excluding carboxylic acids is 2. The van der Waals surface area contributed by atoms with E-state index < -0.39 is 29.2 Å².